The molecule has 0 radical (unpaired) electrons. The molecule has 0 fully saturated rings. The van der Waals surface area contributed by atoms with Crippen molar-refractivity contribution in [2.45, 2.75) is 18.7 Å². The number of nitrogens with zero attached hydrogens (tertiary/aromatic N) is 4. The highest BCUT2D eigenvalue weighted by Crippen LogP contribution is 2.24. The van der Waals surface area contributed by atoms with Crippen LogP contribution in [0, 0.1) is 6.92 Å². The Kier molecular flexibility index (Phi) is 7.20. The van der Waals surface area contributed by atoms with E-state index in [1.165, 1.54) is 12.1 Å². The number of aryl methyl sites for hydroxylation is 1. The van der Waals surface area contributed by atoms with E-state index in [0.717, 1.165) is 5.56 Å². The Balaban J connectivity index is 1.52. The summed E-state index contributed by atoms with van der Waals surface area (Å²) in [6, 6.07) is 23.9. The number of hydrogen-bond donors (Lipinski definition) is 1. The number of pyridine rings is 1. The van der Waals surface area contributed by atoms with Crippen LogP contribution in [-0.4, -0.2) is 35.5 Å². The zero-order valence-corrected chi connectivity index (χ0v) is 22.1. The lowest BCUT2D eigenvalue weighted by molar-refractivity contribution is 0.0998. The maximum absolute atomic E-state index is 13.2. The van der Waals surface area contributed by atoms with Gasteiger partial charge in [-0.1, -0.05) is 30.3 Å². The molecule has 39 heavy (non-hydrogen) atoms. The second-order valence-corrected chi connectivity index (χ2v) is 10.3. The van der Waals surface area contributed by atoms with Gasteiger partial charge >= 0.3 is 0 Å². The summed E-state index contributed by atoms with van der Waals surface area (Å²) < 4.78 is 36.1. The summed E-state index contributed by atoms with van der Waals surface area (Å²) in [5.41, 5.74) is 2.49. The Hall–Kier alpha value is -4.83. The molecule has 10 heteroatoms. The molecule has 0 aliphatic rings. The van der Waals surface area contributed by atoms with Crippen LogP contribution in [0.3, 0.4) is 0 Å². The van der Waals surface area contributed by atoms with Crippen molar-refractivity contribution in [3.63, 3.8) is 0 Å². The van der Waals surface area contributed by atoms with E-state index in [4.69, 9.17) is 4.74 Å². The fourth-order valence-electron chi connectivity index (χ4n) is 3.93. The van der Waals surface area contributed by atoms with Crippen molar-refractivity contribution in [3.8, 4) is 11.6 Å². The number of anilines is 1. The van der Waals surface area contributed by atoms with Gasteiger partial charge in [-0.25, -0.2) is 23.4 Å². The number of fused-ring (bicyclic) bond motifs is 1. The minimum absolute atomic E-state index is 0.0493. The normalized spacial score (nSPS) is 11.2. The molecule has 9 nitrogen and oxygen atoms in total. The fourth-order valence-corrected chi connectivity index (χ4v) is 4.94. The van der Waals surface area contributed by atoms with Crippen molar-refractivity contribution in [2.75, 3.05) is 11.3 Å². The monoisotopic (exact) mass is 539 g/mol. The SMILES string of the molecule is CCOc1ccc(S(=O)(=O)Nc2nc3ccccc3nc2-n2ccc(=NC(=O)c3ccccc3C)cc2)cc1. The number of hydrogen-bond acceptors (Lipinski definition) is 6. The second kappa shape index (κ2) is 10.9. The number of benzene rings is 3. The van der Waals surface area contributed by atoms with Crippen molar-refractivity contribution in [1.82, 2.24) is 14.5 Å². The molecule has 5 aromatic rings. The largest absolute Gasteiger partial charge is 0.494 e. The van der Waals surface area contributed by atoms with Crippen LogP contribution < -0.4 is 14.8 Å². The summed E-state index contributed by atoms with van der Waals surface area (Å²) in [5, 5.41) is 0.449. The molecule has 2 heterocycles. The average Bonchev–Trinajstić information content (AvgIpc) is 2.94. The lowest BCUT2D eigenvalue weighted by atomic mass is 10.1. The number of carbonyl (C=O) groups is 1. The lowest BCUT2D eigenvalue weighted by Crippen LogP contribution is -2.17. The number of rotatable bonds is 7. The van der Waals surface area contributed by atoms with Crippen molar-refractivity contribution < 1.29 is 17.9 Å². The smallest absolute Gasteiger partial charge is 0.277 e. The molecule has 3 aromatic carbocycles. The van der Waals surface area contributed by atoms with E-state index >= 15 is 0 Å². The molecule has 0 aliphatic heterocycles. The number of aromatic nitrogens is 3. The predicted octanol–water partition coefficient (Wildman–Crippen LogP) is 4.67. The maximum Gasteiger partial charge on any atom is 0.277 e. The van der Waals surface area contributed by atoms with Crippen molar-refractivity contribution in [2.24, 2.45) is 4.99 Å². The Morgan fingerprint density at radius 2 is 1.54 bits per heavy atom. The number of sulfonamides is 1. The first kappa shape index (κ1) is 25.8. The Morgan fingerprint density at radius 1 is 0.897 bits per heavy atom. The third-order valence-electron chi connectivity index (χ3n) is 5.89. The summed E-state index contributed by atoms with van der Waals surface area (Å²) in [6.45, 7) is 4.19. The summed E-state index contributed by atoms with van der Waals surface area (Å²) in [6.07, 6.45) is 3.30. The average molecular weight is 540 g/mol. The highest BCUT2D eigenvalue weighted by atomic mass is 32.2. The van der Waals surface area contributed by atoms with E-state index in [0.29, 0.717) is 34.3 Å². The molecule has 0 aliphatic carbocycles. The summed E-state index contributed by atoms with van der Waals surface area (Å²) in [4.78, 5) is 26.1. The fraction of sp³-hybridized carbons (Fsp3) is 0.103. The van der Waals surface area contributed by atoms with E-state index in [2.05, 4.69) is 19.7 Å². The van der Waals surface area contributed by atoms with E-state index in [9.17, 15) is 13.2 Å². The van der Waals surface area contributed by atoms with Crippen LogP contribution in [0.25, 0.3) is 16.9 Å². The number of carbonyl (C=O) groups excluding carboxylic acids is 1. The third-order valence-corrected chi connectivity index (χ3v) is 7.25. The highest BCUT2D eigenvalue weighted by Gasteiger charge is 2.20. The number of para-hydroxylation sites is 2. The summed E-state index contributed by atoms with van der Waals surface area (Å²) >= 11 is 0. The molecule has 1 N–H and O–H groups in total. The van der Waals surface area contributed by atoms with E-state index < -0.39 is 10.0 Å². The number of ether oxygens (including phenoxy) is 1. The van der Waals surface area contributed by atoms with Gasteiger partial charge in [-0.15, -0.1) is 0 Å². The molecule has 0 unspecified atom stereocenters. The Morgan fingerprint density at radius 3 is 2.21 bits per heavy atom. The molecule has 0 spiro atoms. The zero-order valence-electron chi connectivity index (χ0n) is 21.3. The van der Waals surface area contributed by atoms with Crippen molar-refractivity contribution in [3.05, 3.63) is 114 Å². The van der Waals surface area contributed by atoms with Gasteiger partial charge in [0.1, 0.15) is 5.75 Å². The molecular weight excluding hydrogens is 514 g/mol. The van der Waals surface area contributed by atoms with Crippen LogP contribution in [0.15, 0.2) is 107 Å². The number of nitrogens with one attached hydrogen (secondary N) is 1. The summed E-state index contributed by atoms with van der Waals surface area (Å²) in [7, 11) is -3.99. The summed E-state index contributed by atoms with van der Waals surface area (Å²) in [5.74, 6) is 0.540. The van der Waals surface area contributed by atoms with Crippen LogP contribution in [0.1, 0.15) is 22.8 Å². The Labute approximate surface area is 225 Å². The van der Waals surface area contributed by atoms with E-state index in [1.807, 2.05) is 32.0 Å². The topological polar surface area (TPSA) is 116 Å². The van der Waals surface area contributed by atoms with E-state index in [-0.39, 0.29) is 22.4 Å². The van der Waals surface area contributed by atoms with Gasteiger partial charge < -0.3 is 9.30 Å². The first-order valence-corrected chi connectivity index (χ1v) is 13.7. The molecule has 0 bridgehead atoms. The molecule has 0 saturated carbocycles. The standard InChI is InChI=1S/C29H25N5O4S/c1-3-38-22-12-14-23(15-13-22)39(36,37)33-27-28(32-26-11-7-6-10-25(26)31-27)34-18-16-21(17-19-34)30-29(35)24-9-5-4-8-20(24)2/h4-19H,3H2,1-2H3,(H,31,33). The quantitative estimate of drug-likeness (QED) is 0.321. The van der Waals surface area contributed by atoms with E-state index in [1.54, 1.807) is 71.6 Å². The van der Waals surface area contributed by atoms with Crippen LogP contribution in [-0.2, 0) is 10.0 Å². The molecule has 5 rings (SSSR count). The van der Waals surface area contributed by atoms with Gasteiger partial charge in [0, 0.05) is 18.0 Å². The first-order valence-electron chi connectivity index (χ1n) is 12.2. The van der Waals surface area contributed by atoms with Crippen molar-refractivity contribution in [1.29, 1.82) is 0 Å². The van der Waals surface area contributed by atoms with Gasteiger partial charge in [0.15, 0.2) is 11.6 Å². The van der Waals surface area contributed by atoms with Gasteiger partial charge in [0.2, 0.25) is 0 Å². The lowest BCUT2D eigenvalue weighted by Gasteiger charge is -2.14. The van der Waals surface area contributed by atoms with Crippen LogP contribution >= 0.6 is 0 Å². The molecule has 1 amide bonds. The van der Waals surface area contributed by atoms with Crippen molar-refractivity contribution >= 4 is 32.8 Å². The Bertz CT molecular complexity index is 1830. The van der Waals surface area contributed by atoms with Gasteiger partial charge in [0.25, 0.3) is 15.9 Å². The molecule has 0 saturated heterocycles. The maximum atomic E-state index is 13.2. The predicted molar refractivity (Wildman–Crippen MR) is 148 cm³/mol. The van der Waals surface area contributed by atoms with Crippen LogP contribution in [0.4, 0.5) is 5.82 Å². The van der Waals surface area contributed by atoms with Gasteiger partial charge in [-0.2, -0.15) is 0 Å². The van der Waals surface area contributed by atoms with Gasteiger partial charge in [0.05, 0.1) is 27.9 Å². The third kappa shape index (κ3) is 5.70. The highest BCUT2D eigenvalue weighted by molar-refractivity contribution is 7.92. The molecule has 0 atom stereocenters. The first-order chi connectivity index (χ1) is 18.8. The van der Waals surface area contributed by atoms with Crippen LogP contribution in [0.5, 0.6) is 5.75 Å². The second-order valence-electron chi connectivity index (χ2n) is 8.59. The van der Waals surface area contributed by atoms with Gasteiger partial charge in [-0.05, 0) is 74.0 Å². The minimum Gasteiger partial charge on any atom is -0.494 e. The number of amides is 1. The minimum atomic E-state index is -3.99. The van der Waals surface area contributed by atoms with Gasteiger partial charge in [-0.3, -0.25) is 9.52 Å². The molecular formula is C29H25N5O4S. The van der Waals surface area contributed by atoms with Crippen LogP contribution in [0.2, 0.25) is 0 Å². The molecule has 2 aromatic heterocycles. The molecule has 196 valence electrons. The zero-order chi connectivity index (χ0) is 27.4.